The standard InChI is InChI=1S/C12H14Cl2N2O3/c1-19-4-2-3-15-11(17)12(18)16-10-6-8(13)5-9(14)7-10/h5-7H,2-4H2,1H3,(H,15,17)(H,16,18). The van der Waals surface area contributed by atoms with Crippen LogP contribution in [0.4, 0.5) is 5.69 Å². The molecule has 0 bridgehead atoms. The zero-order chi connectivity index (χ0) is 14.3. The Morgan fingerprint density at radius 3 is 2.37 bits per heavy atom. The molecule has 0 saturated heterocycles. The molecule has 0 radical (unpaired) electrons. The Balaban J connectivity index is 2.47. The lowest BCUT2D eigenvalue weighted by Crippen LogP contribution is -2.36. The van der Waals surface area contributed by atoms with Gasteiger partial charge in [0.25, 0.3) is 0 Å². The second-order valence-corrected chi connectivity index (χ2v) is 4.59. The predicted octanol–water partition coefficient (Wildman–Crippen LogP) is 2.08. The SMILES string of the molecule is COCCCNC(=O)C(=O)Nc1cc(Cl)cc(Cl)c1. The van der Waals surface area contributed by atoms with Crippen LogP contribution in [0, 0.1) is 0 Å². The van der Waals surface area contributed by atoms with Gasteiger partial charge in [0.2, 0.25) is 0 Å². The van der Waals surface area contributed by atoms with Crippen LogP contribution in [0.15, 0.2) is 18.2 Å². The van der Waals surface area contributed by atoms with Crippen LogP contribution in [0.3, 0.4) is 0 Å². The van der Waals surface area contributed by atoms with E-state index in [1.54, 1.807) is 7.11 Å². The van der Waals surface area contributed by atoms with Gasteiger partial charge in [0.15, 0.2) is 0 Å². The normalized spacial score (nSPS) is 10.1. The van der Waals surface area contributed by atoms with Crippen molar-refractivity contribution in [2.45, 2.75) is 6.42 Å². The third-order valence-corrected chi connectivity index (χ3v) is 2.57. The van der Waals surface area contributed by atoms with Gasteiger partial charge in [-0.1, -0.05) is 23.2 Å². The number of nitrogens with one attached hydrogen (secondary N) is 2. The van der Waals surface area contributed by atoms with Gasteiger partial charge in [-0.15, -0.1) is 0 Å². The number of benzene rings is 1. The van der Waals surface area contributed by atoms with Crippen molar-refractivity contribution in [3.05, 3.63) is 28.2 Å². The summed E-state index contributed by atoms with van der Waals surface area (Å²) < 4.78 is 4.82. The minimum absolute atomic E-state index is 0.370. The predicted molar refractivity (Wildman–Crippen MR) is 74.6 cm³/mol. The zero-order valence-corrected chi connectivity index (χ0v) is 11.8. The van der Waals surface area contributed by atoms with Crippen molar-refractivity contribution >= 4 is 40.7 Å². The zero-order valence-electron chi connectivity index (χ0n) is 10.3. The van der Waals surface area contributed by atoms with Crippen molar-refractivity contribution < 1.29 is 14.3 Å². The minimum Gasteiger partial charge on any atom is -0.385 e. The Morgan fingerprint density at radius 2 is 1.79 bits per heavy atom. The third kappa shape index (κ3) is 5.92. The topological polar surface area (TPSA) is 67.4 Å². The molecule has 2 amide bonds. The largest absolute Gasteiger partial charge is 0.385 e. The second kappa shape index (κ2) is 7.99. The molecule has 0 atom stereocenters. The molecule has 19 heavy (non-hydrogen) atoms. The fourth-order valence-corrected chi connectivity index (χ4v) is 1.84. The van der Waals surface area contributed by atoms with Crippen molar-refractivity contribution in [3.63, 3.8) is 0 Å². The van der Waals surface area contributed by atoms with Gasteiger partial charge in [0.05, 0.1) is 0 Å². The molecule has 1 aromatic rings. The minimum atomic E-state index is -0.768. The first-order chi connectivity index (χ1) is 9.02. The number of carbonyl (C=O) groups excluding carboxylic acids is 2. The van der Waals surface area contributed by atoms with Crippen molar-refractivity contribution in [3.8, 4) is 0 Å². The van der Waals surface area contributed by atoms with Gasteiger partial charge in [0, 0.05) is 36.0 Å². The average molecular weight is 305 g/mol. The molecule has 0 aliphatic rings. The van der Waals surface area contributed by atoms with E-state index in [0.717, 1.165) is 0 Å². The van der Waals surface area contributed by atoms with E-state index in [0.29, 0.717) is 35.3 Å². The Hall–Kier alpha value is -1.30. The van der Waals surface area contributed by atoms with Crippen molar-refractivity contribution in [2.75, 3.05) is 25.6 Å². The van der Waals surface area contributed by atoms with E-state index < -0.39 is 11.8 Å². The maximum Gasteiger partial charge on any atom is 0.313 e. The maximum atomic E-state index is 11.6. The van der Waals surface area contributed by atoms with Crippen molar-refractivity contribution in [1.29, 1.82) is 0 Å². The summed E-state index contributed by atoms with van der Waals surface area (Å²) in [7, 11) is 1.57. The molecule has 1 aromatic carbocycles. The highest BCUT2D eigenvalue weighted by atomic mass is 35.5. The summed E-state index contributed by atoms with van der Waals surface area (Å²) in [6.07, 6.45) is 0.637. The number of carbonyl (C=O) groups is 2. The molecule has 104 valence electrons. The highest BCUT2D eigenvalue weighted by Crippen LogP contribution is 2.22. The molecule has 5 nitrogen and oxygen atoms in total. The molecular formula is C12H14Cl2N2O3. The summed E-state index contributed by atoms with van der Waals surface area (Å²) in [4.78, 5) is 23.0. The first-order valence-electron chi connectivity index (χ1n) is 5.57. The number of hydrogen-bond donors (Lipinski definition) is 2. The molecule has 7 heteroatoms. The van der Waals surface area contributed by atoms with E-state index in [1.807, 2.05) is 0 Å². The van der Waals surface area contributed by atoms with Gasteiger partial charge in [0.1, 0.15) is 0 Å². The van der Waals surface area contributed by atoms with Crippen molar-refractivity contribution in [1.82, 2.24) is 5.32 Å². The summed E-state index contributed by atoms with van der Waals surface area (Å²) in [6, 6.07) is 4.54. The van der Waals surface area contributed by atoms with Crippen LogP contribution in [-0.4, -0.2) is 32.1 Å². The Morgan fingerprint density at radius 1 is 1.16 bits per heavy atom. The maximum absolute atomic E-state index is 11.6. The summed E-state index contributed by atoms with van der Waals surface area (Å²) in [6.45, 7) is 0.891. The average Bonchev–Trinajstić information content (AvgIpc) is 2.33. The summed E-state index contributed by atoms with van der Waals surface area (Å²) >= 11 is 11.6. The van der Waals surface area contributed by atoms with Crippen LogP contribution in [0.25, 0.3) is 0 Å². The Kier molecular flexibility index (Phi) is 6.62. The first-order valence-corrected chi connectivity index (χ1v) is 6.32. The fourth-order valence-electron chi connectivity index (χ4n) is 1.31. The van der Waals surface area contributed by atoms with E-state index in [9.17, 15) is 9.59 Å². The molecule has 0 unspecified atom stereocenters. The third-order valence-electron chi connectivity index (χ3n) is 2.14. The molecule has 2 N–H and O–H groups in total. The number of methoxy groups -OCH3 is 1. The fraction of sp³-hybridized carbons (Fsp3) is 0.333. The molecule has 0 heterocycles. The number of ether oxygens (including phenoxy) is 1. The van der Waals surface area contributed by atoms with Gasteiger partial charge >= 0.3 is 11.8 Å². The lowest BCUT2D eigenvalue weighted by Gasteiger charge is -2.07. The highest BCUT2D eigenvalue weighted by molar-refractivity contribution is 6.40. The molecule has 1 rings (SSSR count). The number of anilines is 1. The van der Waals surface area contributed by atoms with E-state index in [-0.39, 0.29) is 0 Å². The van der Waals surface area contributed by atoms with Gasteiger partial charge in [-0.3, -0.25) is 9.59 Å². The van der Waals surface area contributed by atoms with Gasteiger partial charge in [-0.25, -0.2) is 0 Å². The molecule has 0 aromatic heterocycles. The van der Waals surface area contributed by atoms with Crippen LogP contribution in [0.1, 0.15) is 6.42 Å². The summed E-state index contributed by atoms with van der Waals surface area (Å²) in [5, 5.41) is 5.64. The summed E-state index contributed by atoms with van der Waals surface area (Å²) in [5.74, 6) is -1.48. The molecule has 0 fully saturated rings. The van der Waals surface area contributed by atoms with Crippen LogP contribution >= 0.6 is 23.2 Å². The molecule has 0 spiro atoms. The molecular weight excluding hydrogens is 291 g/mol. The quantitative estimate of drug-likeness (QED) is 0.646. The van der Waals surface area contributed by atoms with Crippen LogP contribution in [0.5, 0.6) is 0 Å². The second-order valence-electron chi connectivity index (χ2n) is 3.71. The van der Waals surface area contributed by atoms with Gasteiger partial charge < -0.3 is 15.4 Å². The van der Waals surface area contributed by atoms with Crippen LogP contribution in [0.2, 0.25) is 10.0 Å². The van der Waals surface area contributed by atoms with Crippen molar-refractivity contribution in [2.24, 2.45) is 0 Å². The monoisotopic (exact) mass is 304 g/mol. The van der Waals surface area contributed by atoms with E-state index in [1.165, 1.54) is 18.2 Å². The smallest absolute Gasteiger partial charge is 0.313 e. The van der Waals surface area contributed by atoms with E-state index >= 15 is 0 Å². The number of halogens is 2. The molecule has 0 aliphatic carbocycles. The summed E-state index contributed by atoms with van der Waals surface area (Å²) in [5.41, 5.74) is 0.370. The number of rotatable bonds is 5. The lowest BCUT2D eigenvalue weighted by atomic mass is 10.3. The molecule has 0 aliphatic heterocycles. The highest BCUT2D eigenvalue weighted by Gasteiger charge is 2.13. The number of amides is 2. The van der Waals surface area contributed by atoms with Crippen LogP contribution in [-0.2, 0) is 14.3 Å². The molecule has 0 saturated carbocycles. The lowest BCUT2D eigenvalue weighted by molar-refractivity contribution is -0.136. The number of hydrogen-bond acceptors (Lipinski definition) is 3. The van der Waals surface area contributed by atoms with E-state index in [4.69, 9.17) is 27.9 Å². The van der Waals surface area contributed by atoms with Crippen LogP contribution < -0.4 is 10.6 Å². The Bertz CT molecular complexity index is 446. The Labute approximate surface area is 121 Å². The van der Waals surface area contributed by atoms with Gasteiger partial charge in [-0.05, 0) is 24.6 Å². The van der Waals surface area contributed by atoms with Gasteiger partial charge in [-0.2, -0.15) is 0 Å². The first kappa shape index (κ1) is 15.8. The van der Waals surface area contributed by atoms with E-state index in [2.05, 4.69) is 10.6 Å².